The molecule has 9 heteroatoms. The Hall–Kier alpha value is -2.29. The summed E-state index contributed by atoms with van der Waals surface area (Å²) < 4.78 is 50.0. The highest BCUT2D eigenvalue weighted by Crippen LogP contribution is 2.53. The summed E-state index contributed by atoms with van der Waals surface area (Å²) in [6, 6.07) is 2.46. The summed E-state index contributed by atoms with van der Waals surface area (Å²) >= 11 is 0. The minimum absolute atomic E-state index is 0.112. The number of alkyl halides is 3. The van der Waals surface area contributed by atoms with E-state index in [1.54, 1.807) is 0 Å². The maximum atomic E-state index is 13.6. The van der Waals surface area contributed by atoms with Crippen molar-refractivity contribution in [3.63, 3.8) is 0 Å². The van der Waals surface area contributed by atoms with Gasteiger partial charge in [0.05, 0.1) is 18.4 Å². The first kappa shape index (κ1) is 16.1. The van der Waals surface area contributed by atoms with Gasteiger partial charge in [0.2, 0.25) is 0 Å². The number of methoxy groups -OCH3 is 2. The van der Waals surface area contributed by atoms with Crippen molar-refractivity contribution in [3.8, 4) is 0 Å². The number of amides is 1. The third kappa shape index (κ3) is 1.78. The van der Waals surface area contributed by atoms with Crippen molar-refractivity contribution in [2.75, 3.05) is 31.9 Å². The molecule has 0 aliphatic carbocycles. The number of fused-ring (bicyclic) bond motifs is 1. The first-order valence-corrected chi connectivity index (χ1v) is 6.04. The van der Waals surface area contributed by atoms with Gasteiger partial charge in [-0.1, -0.05) is 0 Å². The molecule has 6 nitrogen and oxygen atoms in total. The minimum atomic E-state index is -5.09. The Balaban J connectivity index is 2.94. The molecular weight excluding hydrogens is 305 g/mol. The molecule has 0 saturated carbocycles. The van der Waals surface area contributed by atoms with Gasteiger partial charge in [-0.25, -0.2) is 4.79 Å². The Kier molecular flexibility index (Phi) is 3.56. The van der Waals surface area contributed by atoms with E-state index in [2.05, 4.69) is 9.47 Å². The largest absolute Gasteiger partial charge is 0.465 e. The summed E-state index contributed by atoms with van der Waals surface area (Å²) in [6.07, 6.45) is -5.09. The van der Waals surface area contributed by atoms with Gasteiger partial charge in [-0.05, 0) is 12.1 Å². The number of nitrogen functional groups attached to an aromatic ring is 1. The van der Waals surface area contributed by atoms with E-state index in [9.17, 15) is 22.8 Å². The number of likely N-dealkylation sites (N-methyl/N-ethyl adjacent to an activating group) is 1. The number of halogens is 3. The number of carbonyl (C=O) groups excluding carboxylic acids is 2. The Bertz CT molecular complexity index is 659. The lowest BCUT2D eigenvalue weighted by atomic mass is 9.89. The number of hydrogen-bond donors (Lipinski definition) is 1. The molecule has 1 aliphatic heterocycles. The lowest BCUT2D eigenvalue weighted by Gasteiger charge is -2.30. The fourth-order valence-electron chi connectivity index (χ4n) is 2.59. The Morgan fingerprint density at radius 3 is 2.36 bits per heavy atom. The molecule has 0 fully saturated rings. The maximum Gasteiger partial charge on any atom is 0.431 e. The molecule has 22 heavy (non-hydrogen) atoms. The number of ether oxygens (including phenoxy) is 2. The van der Waals surface area contributed by atoms with Gasteiger partial charge in [-0.15, -0.1) is 0 Å². The van der Waals surface area contributed by atoms with Crippen LogP contribution in [0.3, 0.4) is 0 Å². The number of benzene rings is 1. The Morgan fingerprint density at radius 2 is 1.91 bits per heavy atom. The SMILES string of the molecule is COC(=O)c1c(N)ccc2c1C(OC)(C(F)(F)F)C(=O)N2C. The molecule has 0 radical (unpaired) electrons. The normalized spacial score (nSPS) is 21.0. The zero-order chi connectivity index (χ0) is 16.9. The van der Waals surface area contributed by atoms with Crippen molar-refractivity contribution in [1.82, 2.24) is 0 Å². The average Bonchev–Trinajstić information content (AvgIpc) is 2.67. The van der Waals surface area contributed by atoms with Crippen LogP contribution in [0.25, 0.3) is 0 Å². The van der Waals surface area contributed by atoms with Crippen molar-refractivity contribution in [2.24, 2.45) is 0 Å². The van der Waals surface area contributed by atoms with Gasteiger partial charge < -0.3 is 20.1 Å². The van der Waals surface area contributed by atoms with Crippen molar-refractivity contribution >= 4 is 23.3 Å². The van der Waals surface area contributed by atoms with Crippen LogP contribution in [-0.4, -0.2) is 39.3 Å². The second kappa shape index (κ2) is 4.87. The van der Waals surface area contributed by atoms with Gasteiger partial charge in [-0.2, -0.15) is 13.2 Å². The van der Waals surface area contributed by atoms with Gasteiger partial charge >= 0.3 is 12.1 Å². The number of hydrogen-bond acceptors (Lipinski definition) is 5. The highest BCUT2D eigenvalue weighted by molar-refractivity contribution is 6.12. The number of carbonyl (C=O) groups is 2. The molecule has 2 rings (SSSR count). The molecule has 1 heterocycles. The molecule has 1 aromatic rings. The molecule has 1 amide bonds. The summed E-state index contributed by atoms with van der Waals surface area (Å²) in [7, 11) is 2.91. The van der Waals surface area contributed by atoms with Crippen LogP contribution >= 0.6 is 0 Å². The van der Waals surface area contributed by atoms with Crippen LogP contribution in [0.5, 0.6) is 0 Å². The fraction of sp³-hybridized carbons (Fsp3) is 0.385. The average molecular weight is 318 g/mol. The highest BCUT2D eigenvalue weighted by atomic mass is 19.4. The molecule has 0 saturated heterocycles. The second-order valence-electron chi connectivity index (χ2n) is 4.66. The number of nitrogens with two attached hydrogens (primary N) is 1. The molecule has 1 aliphatic rings. The van der Waals surface area contributed by atoms with Crippen LogP contribution in [-0.2, 0) is 19.9 Å². The van der Waals surface area contributed by atoms with E-state index < -0.39 is 34.8 Å². The Morgan fingerprint density at radius 1 is 1.32 bits per heavy atom. The molecule has 1 atom stereocenters. The molecule has 0 spiro atoms. The number of esters is 1. The van der Waals surface area contributed by atoms with Gasteiger partial charge in [0.15, 0.2) is 0 Å². The first-order valence-electron chi connectivity index (χ1n) is 6.04. The van der Waals surface area contributed by atoms with Crippen molar-refractivity contribution < 1.29 is 32.2 Å². The van der Waals surface area contributed by atoms with Crippen LogP contribution in [0.4, 0.5) is 24.5 Å². The van der Waals surface area contributed by atoms with E-state index >= 15 is 0 Å². The third-order valence-corrected chi connectivity index (χ3v) is 3.63. The predicted molar refractivity (Wildman–Crippen MR) is 70.3 cm³/mol. The van der Waals surface area contributed by atoms with E-state index in [4.69, 9.17) is 5.73 Å². The van der Waals surface area contributed by atoms with Crippen molar-refractivity contribution in [1.29, 1.82) is 0 Å². The van der Waals surface area contributed by atoms with Gasteiger partial charge in [-0.3, -0.25) is 4.79 Å². The molecule has 1 unspecified atom stereocenters. The van der Waals surface area contributed by atoms with Crippen molar-refractivity contribution in [2.45, 2.75) is 11.8 Å². The van der Waals surface area contributed by atoms with E-state index in [1.165, 1.54) is 12.1 Å². The van der Waals surface area contributed by atoms with Crippen LogP contribution in [0, 0.1) is 0 Å². The monoisotopic (exact) mass is 318 g/mol. The highest BCUT2D eigenvalue weighted by Gasteiger charge is 2.69. The molecule has 1 aromatic carbocycles. The molecule has 120 valence electrons. The zero-order valence-electron chi connectivity index (χ0n) is 11.9. The Labute approximate surface area is 123 Å². The standard InChI is InChI=1S/C13H13F3N2O4/c1-18-7-5-4-6(17)8(10(19)21-2)9(7)12(22-3,11(18)20)13(14,15)16/h4-5H,17H2,1-3H3. The minimum Gasteiger partial charge on any atom is -0.465 e. The summed E-state index contributed by atoms with van der Waals surface area (Å²) in [5.74, 6) is -2.43. The topological polar surface area (TPSA) is 81.9 Å². The van der Waals surface area contributed by atoms with Crippen LogP contribution in [0.1, 0.15) is 15.9 Å². The van der Waals surface area contributed by atoms with Gasteiger partial charge in [0, 0.05) is 25.4 Å². The van der Waals surface area contributed by atoms with E-state index in [0.717, 1.165) is 26.2 Å². The van der Waals surface area contributed by atoms with Crippen LogP contribution in [0.15, 0.2) is 12.1 Å². The van der Waals surface area contributed by atoms with Crippen molar-refractivity contribution in [3.05, 3.63) is 23.3 Å². The lowest BCUT2D eigenvalue weighted by molar-refractivity contribution is -0.262. The van der Waals surface area contributed by atoms with Crippen LogP contribution < -0.4 is 10.6 Å². The number of nitrogens with zero attached hydrogens (tertiary/aromatic N) is 1. The van der Waals surface area contributed by atoms with E-state index in [0.29, 0.717) is 0 Å². The summed E-state index contributed by atoms with van der Waals surface area (Å²) in [5.41, 5.74) is 0.800. The van der Waals surface area contributed by atoms with Gasteiger partial charge in [0.1, 0.15) is 0 Å². The predicted octanol–water partition coefficient (Wildman–Crippen LogP) is 1.44. The smallest absolute Gasteiger partial charge is 0.431 e. The molecule has 0 aromatic heterocycles. The quantitative estimate of drug-likeness (QED) is 0.659. The zero-order valence-corrected chi connectivity index (χ0v) is 11.9. The summed E-state index contributed by atoms with van der Waals surface area (Å²) in [5, 5.41) is 0. The summed E-state index contributed by atoms with van der Waals surface area (Å²) in [6.45, 7) is 0. The second-order valence-corrected chi connectivity index (χ2v) is 4.66. The lowest BCUT2D eigenvalue weighted by Crippen LogP contribution is -2.52. The number of rotatable bonds is 2. The van der Waals surface area contributed by atoms with E-state index in [-0.39, 0.29) is 11.4 Å². The maximum absolute atomic E-state index is 13.6. The third-order valence-electron chi connectivity index (χ3n) is 3.63. The molecule has 2 N–H and O–H groups in total. The molecule has 0 bridgehead atoms. The molecular formula is C13H13F3N2O4. The summed E-state index contributed by atoms with van der Waals surface area (Å²) in [4.78, 5) is 24.9. The first-order chi connectivity index (χ1) is 10.1. The fourth-order valence-corrected chi connectivity index (χ4v) is 2.59. The number of anilines is 2. The van der Waals surface area contributed by atoms with Crippen LogP contribution in [0.2, 0.25) is 0 Å². The van der Waals surface area contributed by atoms with Gasteiger partial charge in [0.25, 0.3) is 11.5 Å². The van der Waals surface area contributed by atoms with E-state index in [1.807, 2.05) is 0 Å².